The minimum absolute atomic E-state index is 0.0371. The van der Waals surface area contributed by atoms with Crippen LogP contribution in [0.25, 0.3) is 0 Å². The van der Waals surface area contributed by atoms with Gasteiger partial charge in [0, 0.05) is 18.1 Å². The largest absolute Gasteiger partial charge is 0.355 e. The van der Waals surface area contributed by atoms with Crippen molar-refractivity contribution in [1.29, 1.82) is 5.41 Å². The normalized spacial score (nSPS) is 10.3. The minimum Gasteiger partial charge on any atom is -0.355 e. The van der Waals surface area contributed by atoms with Gasteiger partial charge in [0.25, 0.3) is 0 Å². The van der Waals surface area contributed by atoms with Gasteiger partial charge in [-0.25, -0.2) is 0 Å². The minimum atomic E-state index is -0.0371. The number of thiazole rings is 1. The van der Waals surface area contributed by atoms with Gasteiger partial charge in [-0.2, -0.15) is 0 Å². The van der Waals surface area contributed by atoms with Crippen molar-refractivity contribution in [1.82, 2.24) is 9.88 Å². The third-order valence-corrected chi connectivity index (χ3v) is 3.52. The van der Waals surface area contributed by atoms with Crippen LogP contribution in [0, 0.1) is 5.41 Å². The van der Waals surface area contributed by atoms with Crippen LogP contribution < -0.4 is 10.1 Å². The maximum absolute atomic E-state index is 11.7. The summed E-state index contributed by atoms with van der Waals surface area (Å²) in [6, 6.07) is 10.2. The quantitative estimate of drug-likeness (QED) is 0.776. The van der Waals surface area contributed by atoms with Gasteiger partial charge in [-0.3, -0.25) is 10.2 Å². The molecule has 0 radical (unpaired) electrons. The molecule has 0 atom stereocenters. The summed E-state index contributed by atoms with van der Waals surface area (Å²) >= 11 is 1.32. The fourth-order valence-corrected chi connectivity index (χ4v) is 2.40. The fourth-order valence-electron chi connectivity index (χ4n) is 1.80. The van der Waals surface area contributed by atoms with Crippen LogP contribution in [-0.4, -0.2) is 17.0 Å². The molecule has 0 spiro atoms. The Morgan fingerprint density at radius 2 is 2.11 bits per heavy atom. The molecule has 0 saturated heterocycles. The molecule has 1 aromatic carbocycles. The number of aromatic nitrogens is 1. The number of hydrogen-bond acceptors (Lipinski definition) is 3. The molecular formula is C14H17N3OS. The van der Waals surface area contributed by atoms with E-state index in [1.54, 1.807) is 10.8 Å². The molecule has 2 aromatic rings. The Bertz CT molecular complexity index is 574. The second-order valence-corrected chi connectivity index (χ2v) is 5.17. The van der Waals surface area contributed by atoms with E-state index in [0.29, 0.717) is 11.3 Å². The summed E-state index contributed by atoms with van der Waals surface area (Å²) in [6.45, 7) is 0.902. The summed E-state index contributed by atoms with van der Waals surface area (Å²) in [5.41, 5.74) is 1.29. The van der Waals surface area contributed by atoms with E-state index in [2.05, 4.69) is 17.4 Å². The van der Waals surface area contributed by atoms with Crippen molar-refractivity contribution in [3.8, 4) is 0 Å². The summed E-state index contributed by atoms with van der Waals surface area (Å²) in [5, 5.41) is 12.3. The van der Waals surface area contributed by atoms with Crippen molar-refractivity contribution >= 4 is 17.2 Å². The Kier molecular flexibility index (Phi) is 4.92. The first-order valence-electron chi connectivity index (χ1n) is 6.25. The Morgan fingerprint density at radius 1 is 1.32 bits per heavy atom. The molecule has 0 fully saturated rings. The lowest BCUT2D eigenvalue weighted by molar-refractivity contribution is -0.121. The number of amides is 1. The first-order chi connectivity index (χ1) is 9.25. The summed E-state index contributed by atoms with van der Waals surface area (Å²) in [4.78, 5) is 12.1. The average Bonchev–Trinajstić information content (AvgIpc) is 2.82. The van der Waals surface area contributed by atoms with Crippen molar-refractivity contribution in [3.05, 3.63) is 52.3 Å². The van der Waals surface area contributed by atoms with E-state index in [1.165, 1.54) is 16.9 Å². The molecule has 1 aromatic heterocycles. The standard InChI is InChI=1S/C14H17N3OS/c15-14-17(9-10-19-14)11-13(18)16-8-4-7-12-5-2-1-3-6-12/h1-3,5-6,9-10,15H,4,7-8,11H2,(H,16,18). The summed E-state index contributed by atoms with van der Waals surface area (Å²) < 4.78 is 1.64. The van der Waals surface area contributed by atoms with E-state index in [9.17, 15) is 4.79 Å². The zero-order valence-electron chi connectivity index (χ0n) is 10.6. The van der Waals surface area contributed by atoms with E-state index in [1.807, 2.05) is 23.6 Å². The fraction of sp³-hybridized carbons (Fsp3) is 0.286. The summed E-state index contributed by atoms with van der Waals surface area (Å²) in [5.74, 6) is -0.0371. The maximum Gasteiger partial charge on any atom is 0.240 e. The number of benzene rings is 1. The predicted molar refractivity (Wildman–Crippen MR) is 75.9 cm³/mol. The number of hydrogen-bond donors (Lipinski definition) is 2. The monoisotopic (exact) mass is 275 g/mol. The maximum atomic E-state index is 11.7. The highest BCUT2D eigenvalue weighted by Crippen LogP contribution is 2.01. The smallest absolute Gasteiger partial charge is 0.240 e. The molecule has 1 amide bonds. The van der Waals surface area contributed by atoms with Gasteiger partial charge in [0.15, 0.2) is 4.80 Å². The molecule has 0 bridgehead atoms. The number of nitrogens with zero attached hydrogens (tertiary/aromatic N) is 1. The van der Waals surface area contributed by atoms with Crippen molar-refractivity contribution in [2.45, 2.75) is 19.4 Å². The highest BCUT2D eigenvalue weighted by atomic mass is 32.1. The van der Waals surface area contributed by atoms with Gasteiger partial charge in [0.2, 0.25) is 5.91 Å². The number of carbonyl (C=O) groups is 1. The second kappa shape index (κ2) is 6.89. The average molecular weight is 275 g/mol. The Labute approximate surface area is 116 Å². The van der Waals surface area contributed by atoms with Gasteiger partial charge in [-0.05, 0) is 18.4 Å². The van der Waals surface area contributed by atoms with Crippen LogP contribution in [-0.2, 0) is 17.8 Å². The van der Waals surface area contributed by atoms with Crippen molar-refractivity contribution < 1.29 is 4.79 Å². The molecule has 5 heteroatoms. The van der Waals surface area contributed by atoms with Crippen LogP contribution in [0.2, 0.25) is 0 Å². The Hall–Kier alpha value is -1.88. The van der Waals surface area contributed by atoms with Crippen LogP contribution in [0.1, 0.15) is 12.0 Å². The third-order valence-electron chi connectivity index (χ3n) is 2.80. The van der Waals surface area contributed by atoms with E-state index in [-0.39, 0.29) is 12.5 Å². The lowest BCUT2D eigenvalue weighted by Gasteiger charge is -2.06. The molecule has 2 N–H and O–H groups in total. The molecule has 100 valence electrons. The first kappa shape index (κ1) is 13.5. The van der Waals surface area contributed by atoms with E-state index >= 15 is 0 Å². The predicted octanol–water partition coefficient (Wildman–Crippen LogP) is 1.78. The van der Waals surface area contributed by atoms with Crippen molar-refractivity contribution in [2.75, 3.05) is 6.54 Å². The molecule has 0 unspecified atom stereocenters. The highest BCUT2D eigenvalue weighted by Gasteiger charge is 2.02. The lowest BCUT2D eigenvalue weighted by Crippen LogP contribution is -2.31. The zero-order valence-corrected chi connectivity index (χ0v) is 11.5. The number of nitrogens with one attached hydrogen (secondary N) is 2. The lowest BCUT2D eigenvalue weighted by atomic mass is 10.1. The molecule has 2 rings (SSSR count). The van der Waals surface area contributed by atoms with Crippen LogP contribution >= 0.6 is 11.3 Å². The topological polar surface area (TPSA) is 57.9 Å². The molecule has 0 aliphatic rings. The molecular weight excluding hydrogens is 258 g/mol. The van der Waals surface area contributed by atoms with Gasteiger partial charge in [0.05, 0.1) is 0 Å². The van der Waals surface area contributed by atoms with Gasteiger partial charge >= 0.3 is 0 Å². The van der Waals surface area contributed by atoms with Crippen LogP contribution in [0.4, 0.5) is 0 Å². The number of aryl methyl sites for hydroxylation is 1. The van der Waals surface area contributed by atoms with Crippen molar-refractivity contribution in [3.63, 3.8) is 0 Å². The van der Waals surface area contributed by atoms with Crippen LogP contribution in [0.15, 0.2) is 41.9 Å². The molecule has 1 heterocycles. The molecule has 0 aliphatic carbocycles. The second-order valence-electron chi connectivity index (χ2n) is 4.28. The SMILES string of the molecule is N=c1sccn1CC(=O)NCCCc1ccccc1. The van der Waals surface area contributed by atoms with Crippen LogP contribution in [0.3, 0.4) is 0 Å². The van der Waals surface area contributed by atoms with Crippen LogP contribution in [0.5, 0.6) is 0 Å². The van der Waals surface area contributed by atoms with E-state index in [4.69, 9.17) is 5.41 Å². The molecule has 0 aliphatic heterocycles. The third kappa shape index (κ3) is 4.37. The molecule has 0 saturated carbocycles. The first-order valence-corrected chi connectivity index (χ1v) is 7.13. The number of carbonyl (C=O) groups excluding carboxylic acids is 1. The molecule has 4 nitrogen and oxygen atoms in total. The number of rotatable bonds is 6. The molecule has 19 heavy (non-hydrogen) atoms. The van der Waals surface area contributed by atoms with Gasteiger partial charge in [-0.15, -0.1) is 11.3 Å². The van der Waals surface area contributed by atoms with E-state index < -0.39 is 0 Å². The highest BCUT2D eigenvalue weighted by molar-refractivity contribution is 7.06. The summed E-state index contributed by atoms with van der Waals surface area (Å²) in [6.07, 6.45) is 3.66. The Balaban J connectivity index is 1.67. The van der Waals surface area contributed by atoms with Gasteiger partial charge in [0.1, 0.15) is 6.54 Å². The van der Waals surface area contributed by atoms with Gasteiger partial charge in [-0.1, -0.05) is 30.3 Å². The Morgan fingerprint density at radius 3 is 2.79 bits per heavy atom. The zero-order chi connectivity index (χ0) is 13.5. The summed E-state index contributed by atoms with van der Waals surface area (Å²) in [7, 11) is 0. The van der Waals surface area contributed by atoms with E-state index in [0.717, 1.165) is 12.8 Å². The van der Waals surface area contributed by atoms with Gasteiger partial charge < -0.3 is 9.88 Å². The van der Waals surface area contributed by atoms with Crippen molar-refractivity contribution in [2.24, 2.45) is 0 Å².